The first-order valence-corrected chi connectivity index (χ1v) is 12.7. The maximum atomic E-state index is 13.8. The highest BCUT2D eigenvalue weighted by Gasteiger charge is 2.27. The lowest BCUT2D eigenvalue weighted by molar-refractivity contribution is -0.128. The van der Waals surface area contributed by atoms with E-state index in [2.05, 4.69) is 0 Å². The van der Waals surface area contributed by atoms with Crippen molar-refractivity contribution in [2.24, 2.45) is 16.9 Å². The summed E-state index contributed by atoms with van der Waals surface area (Å²) in [5.41, 5.74) is 13.0. The zero-order valence-corrected chi connectivity index (χ0v) is 21.5. The van der Waals surface area contributed by atoms with Crippen LogP contribution in [0.5, 0.6) is 0 Å². The minimum Gasteiger partial charge on any atom is -0.384 e. The fourth-order valence-corrected chi connectivity index (χ4v) is 4.53. The number of carbonyl (C=O) groups excluding carboxylic acids is 2. The van der Waals surface area contributed by atoms with Crippen LogP contribution in [-0.2, 0) is 22.6 Å². The van der Waals surface area contributed by atoms with E-state index in [0.717, 1.165) is 29.1 Å². The maximum Gasteiger partial charge on any atom is 0.162 e. The largest absolute Gasteiger partial charge is 0.384 e. The quantitative estimate of drug-likeness (QED) is 0.298. The Balaban J connectivity index is 1.42. The van der Waals surface area contributed by atoms with Gasteiger partial charge in [0.1, 0.15) is 23.5 Å². The fourth-order valence-electron chi connectivity index (χ4n) is 4.53. The Bertz CT molecular complexity index is 1220. The molecule has 3 unspecified atom stereocenters. The number of aromatic nitrogens is 1. The van der Waals surface area contributed by atoms with Crippen LogP contribution in [0.15, 0.2) is 54.7 Å². The lowest BCUT2D eigenvalue weighted by Crippen LogP contribution is -2.43. The number of carbonyl (C=O) groups is 2. The summed E-state index contributed by atoms with van der Waals surface area (Å²) in [6.07, 6.45) is 2.21. The van der Waals surface area contributed by atoms with E-state index in [9.17, 15) is 23.5 Å². The molecule has 0 aliphatic carbocycles. The van der Waals surface area contributed by atoms with E-state index < -0.39 is 29.8 Å². The number of para-hydroxylation sites is 1. The van der Waals surface area contributed by atoms with Gasteiger partial charge in [-0.05, 0) is 66.0 Å². The van der Waals surface area contributed by atoms with Gasteiger partial charge in [-0.25, -0.2) is 8.78 Å². The molecule has 8 heteroatoms. The third-order valence-corrected chi connectivity index (χ3v) is 6.93. The highest BCUT2D eigenvalue weighted by molar-refractivity contribution is 5.84. The Morgan fingerprint density at radius 3 is 2.49 bits per heavy atom. The number of aliphatic hydroxyl groups is 1. The van der Waals surface area contributed by atoms with Crippen LogP contribution in [0.4, 0.5) is 8.78 Å². The molecule has 0 bridgehead atoms. The summed E-state index contributed by atoms with van der Waals surface area (Å²) in [4.78, 5) is 25.1. The Kier molecular flexibility index (Phi) is 9.70. The molecule has 37 heavy (non-hydrogen) atoms. The van der Waals surface area contributed by atoms with E-state index in [1.54, 1.807) is 0 Å². The molecular weight excluding hydrogens is 476 g/mol. The van der Waals surface area contributed by atoms with Gasteiger partial charge in [0, 0.05) is 43.6 Å². The number of nitrogens with two attached hydrogens (primary N) is 2. The van der Waals surface area contributed by atoms with Gasteiger partial charge >= 0.3 is 0 Å². The van der Waals surface area contributed by atoms with Crippen molar-refractivity contribution in [3.05, 3.63) is 71.9 Å². The summed E-state index contributed by atoms with van der Waals surface area (Å²) in [6.45, 7) is 4.25. The first kappa shape index (κ1) is 28.6. The SMILES string of the molecule is CC(C)(CCC(=O)CC(N)Cc1cc(F)ccc1F)CCC(=O)C(O)C(N)Cn1ccc2ccccc21. The third-order valence-electron chi connectivity index (χ3n) is 6.93. The predicted octanol–water partition coefficient (Wildman–Crippen LogP) is 4.29. The van der Waals surface area contributed by atoms with Crippen LogP contribution in [0, 0.1) is 17.0 Å². The van der Waals surface area contributed by atoms with E-state index in [-0.39, 0.29) is 48.2 Å². The first-order valence-electron chi connectivity index (χ1n) is 12.7. The molecule has 6 nitrogen and oxygen atoms in total. The van der Waals surface area contributed by atoms with Gasteiger partial charge in [-0.15, -0.1) is 0 Å². The summed E-state index contributed by atoms with van der Waals surface area (Å²) >= 11 is 0. The van der Waals surface area contributed by atoms with Crippen molar-refractivity contribution in [3.63, 3.8) is 0 Å². The van der Waals surface area contributed by atoms with E-state index in [4.69, 9.17) is 11.5 Å². The van der Waals surface area contributed by atoms with Crippen molar-refractivity contribution < 1.29 is 23.5 Å². The normalized spacial score (nSPS) is 14.5. The number of benzene rings is 2. The van der Waals surface area contributed by atoms with E-state index in [0.29, 0.717) is 19.4 Å². The number of aliphatic hydroxyl groups excluding tert-OH is 1. The number of ketones is 2. The second-order valence-electron chi connectivity index (χ2n) is 10.7. The monoisotopic (exact) mass is 513 g/mol. The summed E-state index contributed by atoms with van der Waals surface area (Å²) in [5, 5.41) is 11.6. The van der Waals surface area contributed by atoms with Gasteiger partial charge in [-0.2, -0.15) is 0 Å². The predicted molar refractivity (Wildman–Crippen MR) is 141 cm³/mol. The van der Waals surface area contributed by atoms with E-state index in [1.807, 2.05) is 54.9 Å². The number of halogens is 2. The smallest absolute Gasteiger partial charge is 0.162 e. The molecular formula is C29H37F2N3O3. The van der Waals surface area contributed by atoms with Gasteiger partial charge in [0.25, 0.3) is 0 Å². The highest BCUT2D eigenvalue weighted by Crippen LogP contribution is 2.29. The Labute approximate surface area is 216 Å². The second kappa shape index (κ2) is 12.5. The van der Waals surface area contributed by atoms with Crippen LogP contribution in [0.2, 0.25) is 0 Å². The topological polar surface area (TPSA) is 111 Å². The summed E-state index contributed by atoms with van der Waals surface area (Å²) in [5.74, 6) is -1.47. The van der Waals surface area contributed by atoms with E-state index in [1.165, 1.54) is 0 Å². The molecule has 1 aromatic heterocycles. The molecule has 0 amide bonds. The second-order valence-corrected chi connectivity index (χ2v) is 10.7. The molecule has 0 spiro atoms. The molecule has 200 valence electrons. The molecule has 0 saturated heterocycles. The van der Waals surface area contributed by atoms with E-state index >= 15 is 0 Å². The number of Topliss-reactive ketones (excluding diaryl/α,β-unsaturated/α-hetero) is 2. The average Bonchev–Trinajstić information content (AvgIpc) is 3.26. The molecule has 1 heterocycles. The summed E-state index contributed by atoms with van der Waals surface area (Å²) in [6, 6.07) is 11.6. The number of rotatable bonds is 14. The number of hydrogen-bond donors (Lipinski definition) is 3. The van der Waals surface area contributed by atoms with Crippen molar-refractivity contribution in [3.8, 4) is 0 Å². The van der Waals surface area contributed by atoms with Crippen LogP contribution in [0.1, 0.15) is 51.5 Å². The molecule has 0 aliphatic heterocycles. The van der Waals surface area contributed by atoms with Crippen molar-refractivity contribution in [2.45, 2.75) is 77.1 Å². The number of fused-ring (bicyclic) bond motifs is 1. The van der Waals surface area contributed by atoms with Crippen LogP contribution in [0.25, 0.3) is 10.9 Å². The molecule has 0 radical (unpaired) electrons. The molecule has 2 aromatic carbocycles. The standard InChI is InChI=1S/C29H37F2N3O3/c1-29(2,12-9-23(35)17-22(32)16-20-15-21(30)7-8-24(20)31)13-10-27(36)28(37)25(33)18-34-14-11-19-5-3-4-6-26(19)34/h3-8,11,14-15,22,25,28,37H,9-10,12-13,16-18,32-33H2,1-2H3. The van der Waals surface area contributed by atoms with Crippen molar-refractivity contribution in [2.75, 3.05) is 0 Å². The minimum absolute atomic E-state index is 0.0621. The summed E-state index contributed by atoms with van der Waals surface area (Å²) in [7, 11) is 0. The number of hydrogen-bond acceptors (Lipinski definition) is 5. The van der Waals surface area contributed by atoms with Gasteiger partial charge in [0.15, 0.2) is 5.78 Å². The van der Waals surface area contributed by atoms with Crippen molar-refractivity contribution in [1.29, 1.82) is 0 Å². The van der Waals surface area contributed by atoms with Gasteiger partial charge in [-0.1, -0.05) is 32.0 Å². The Morgan fingerprint density at radius 1 is 1.03 bits per heavy atom. The highest BCUT2D eigenvalue weighted by atomic mass is 19.1. The molecule has 5 N–H and O–H groups in total. The fraction of sp³-hybridized carbons (Fsp3) is 0.448. The average molecular weight is 514 g/mol. The molecule has 3 rings (SSSR count). The van der Waals surface area contributed by atoms with Crippen LogP contribution < -0.4 is 11.5 Å². The van der Waals surface area contributed by atoms with Crippen LogP contribution in [-0.4, -0.2) is 39.4 Å². The van der Waals surface area contributed by atoms with Crippen molar-refractivity contribution in [1.82, 2.24) is 4.57 Å². The van der Waals surface area contributed by atoms with Gasteiger partial charge in [-0.3, -0.25) is 9.59 Å². The molecule has 0 aliphatic rings. The first-order chi connectivity index (χ1) is 17.4. The number of nitrogens with zero attached hydrogens (tertiary/aromatic N) is 1. The molecule has 3 atom stereocenters. The molecule has 0 saturated carbocycles. The zero-order valence-electron chi connectivity index (χ0n) is 21.5. The zero-order chi connectivity index (χ0) is 27.2. The minimum atomic E-state index is -1.28. The maximum absolute atomic E-state index is 13.8. The Hall–Kier alpha value is -2.94. The molecule has 0 fully saturated rings. The van der Waals surface area contributed by atoms with Crippen LogP contribution >= 0.6 is 0 Å². The van der Waals surface area contributed by atoms with Crippen LogP contribution in [0.3, 0.4) is 0 Å². The van der Waals surface area contributed by atoms with Gasteiger partial charge in [0.2, 0.25) is 0 Å². The molecule has 3 aromatic rings. The van der Waals surface area contributed by atoms with Gasteiger partial charge < -0.3 is 21.1 Å². The lowest BCUT2D eigenvalue weighted by Gasteiger charge is -2.26. The Morgan fingerprint density at radius 2 is 1.73 bits per heavy atom. The van der Waals surface area contributed by atoms with Gasteiger partial charge in [0.05, 0.1) is 6.04 Å². The lowest BCUT2D eigenvalue weighted by atomic mass is 9.81. The third kappa shape index (κ3) is 8.28. The van der Waals surface area contributed by atoms with Crippen molar-refractivity contribution >= 4 is 22.5 Å². The summed E-state index contributed by atoms with van der Waals surface area (Å²) < 4.78 is 29.1.